The van der Waals surface area contributed by atoms with Crippen LogP contribution in [0.1, 0.15) is 48.8 Å². The van der Waals surface area contributed by atoms with Crippen LogP contribution < -0.4 is 0 Å². The van der Waals surface area contributed by atoms with E-state index in [0.29, 0.717) is 12.3 Å². The molecule has 2 aliphatic rings. The third-order valence-electron chi connectivity index (χ3n) is 4.91. The highest BCUT2D eigenvalue weighted by Crippen LogP contribution is 2.33. The Kier molecular flexibility index (Phi) is 4.17. The Morgan fingerprint density at radius 2 is 2.17 bits per heavy atom. The molecule has 0 N–H and O–H groups in total. The summed E-state index contributed by atoms with van der Waals surface area (Å²) < 4.78 is 19.2. The zero-order valence-corrected chi connectivity index (χ0v) is 13.4. The largest absolute Gasteiger partial charge is 0.445 e. The van der Waals surface area contributed by atoms with E-state index in [1.54, 1.807) is 18.3 Å². The molecule has 1 aliphatic carbocycles. The summed E-state index contributed by atoms with van der Waals surface area (Å²) in [6.45, 7) is 3.52. The summed E-state index contributed by atoms with van der Waals surface area (Å²) in [5.74, 6) is 2.82. The first-order valence-corrected chi connectivity index (χ1v) is 8.67. The molecule has 122 valence electrons. The number of piperidine rings is 1. The van der Waals surface area contributed by atoms with Crippen molar-refractivity contribution in [3.05, 3.63) is 53.5 Å². The fraction of sp³-hybridized carbons (Fsp3) is 0.526. The van der Waals surface area contributed by atoms with Crippen molar-refractivity contribution in [1.29, 1.82) is 0 Å². The second-order valence-electron chi connectivity index (χ2n) is 7.01. The molecule has 2 fully saturated rings. The van der Waals surface area contributed by atoms with Gasteiger partial charge in [0.2, 0.25) is 0 Å². The summed E-state index contributed by atoms with van der Waals surface area (Å²) in [6, 6.07) is 6.67. The second-order valence-corrected chi connectivity index (χ2v) is 7.01. The monoisotopic (exact) mass is 314 g/mol. The average molecular weight is 314 g/mol. The number of rotatable bonds is 5. The number of likely N-dealkylation sites (tertiary alicyclic amines) is 1. The van der Waals surface area contributed by atoms with Gasteiger partial charge in [0.05, 0.1) is 6.20 Å². The summed E-state index contributed by atoms with van der Waals surface area (Å²) in [5, 5.41) is 0. The van der Waals surface area contributed by atoms with Crippen LogP contribution in [-0.2, 0) is 6.42 Å². The lowest BCUT2D eigenvalue weighted by atomic mass is 9.98. The van der Waals surface area contributed by atoms with Crippen LogP contribution in [0, 0.1) is 11.7 Å². The van der Waals surface area contributed by atoms with Crippen molar-refractivity contribution in [3.63, 3.8) is 0 Å². The summed E-state index contributed by atoms with van der Waals surface area (Å²) in [4.78, 5) is 7.07. The molecule has 2 aromatic rings. The summed E-state index contributed by atoms with van der Waals surface area (Å²) in [5.41, 5.74) is 0.923. The molecule has 4 rings (SSSR count). The molecule has 0 unspecified atom stereocenters. The van der Waals surface area contributed by atoms with Gasteiger partial charge in [-0.15, -0.1) is 0 Å². The van der Waals surface area contributed by atoms with Gasteiger partial charge in [-0.1, -0.05) is 12.1 Å². The van der Waals surface area contributed by atoms with Crippen molar-refractivity contribution < 1.29 is 8.81 Å². The van der Waals surface area contributed by atoms with Gasteiger partial charge in [0.15, 0.2) is 5.89 Å². The van der Waals surface area contributed by atoms with E-state index < -0.39 is 0 Å². The molecule has 0 amide bonds. The van der Waals surface area contributed by atoms with Gasteiger partial charge in [0.1, 0.15) is 11.6 Å². The first-order valence-electron chi connectivity index (χ1n) is 8.67. The van der Waals surface area contributed by atoms with Gasteiger partial charge >= 0.3 is 0 Å². The molecule has 0 bridgehead atoms. The Labute approximate surface area is 136 Å². The molecule has 4 heteroatoms. The SMILES string of the molecule is Fc1cccc(Cc2cnc([C@H]3CCCN(CC4CC4)C3)o2)c1. The Bertz CT molecular complexity index is 665. The first kappa shape index (κ1) is 14.9. The van der Waals surface area contributed by atoms with Gasteiger partial charge in [-0.3, -0.25) is 0 Å². The predicted octanol–water partition coefficient (Wildman–Crippen LogP) is 3.99. The Morgan fingerprint density at radius 1 is 1.26 bits per heavy atom. The van der Waals surface area contributed by atoms with Crippen LogP contribution in [0.3, 0.4) is 0 Å². The third kappa shape index (κ3) is 3.81. The molecule has 1 saturated carbocycles. The molecule has 23 heavy (non-hydrogen) atoms. The molecule has 1 aromatic heterocycles. The van der Waals surface area contributed by atoms with Gasteiger partial charge in [-0.2, -0.15) is 0 Å². The van der Waals surface area contributed by atoms with E-state index in [1.807, 2.05) is 6.07 Å². The molecule has 0 spiro atoms. The minimum Gasteiger partial charge on any atom is -0.445 e. The van der Waals surface area contributed by atoms with Crippen molar-refractivity contribution in [3.8, 4) is 0 Å². The molecule has 1 aliphatic heterocycles. The van der Waals surface area contributed by atoms with Gasteiger partial charge in [-0.25, -0.2) is 9.37 Å². The molecule has 0 radical (unpaired) electrons. The Hall–Kier alpha value is -1.68. The maximum absolute atomic E-state index is 13.3. The summed E-state index contributed by atoms with van der Waals surface area (Å²) >= 11 is 0. The minimum atomic E-state index is -0.203. The highest BCUT2D eigenvalue weighted by atomic mass is 19.1. The molecular formula is C19H23FN2O. The lowest BCUT2D eigenvalue weighted by Crippen LogP contribution is -2.35. The molecule has 3 nitrogen and oxygen atoms in total. The van der Waals surface area contributed by atoms with Crippen molar-refractivity contribution in [2.24, 2.45) is 5.92 Å². The van der Waals surface area contributed by atoms with Gasteiger partial charge in [-0.05, 0) is 55.8 Å². The minimum absolute atomic E-state index is 0.203. The van der Waals surface area contributed by atoms with Crippen molar-refractivity contribution in [2.45, 2.75) is 38.0 Å². The van der Waals surface area contributed by atoms with E-state index in [4.69, 9.17) is 4.42 Å². The molecular weight excluding hydrogens is 291 g/mol. The van der Waals surface area contributed by atoms with E-state index in [2.05, 4.69) is 9.88 Å². The summed E-state index contributed by atoms with van der Waals surface area (Å²) in [6.07, 6.45) is 7.58. The second kappa shape index (κ2) is 6.44. The van der Waals surface area contributed by atoms with Crippen LogP contribution in [0.5, 0.6) is 0 Å². The van der Waals surface area contributed by atoms with E-state index in [0.717, 1.165) is 36.1 Å². The summed E-state index contributed by atoms with van der Waals surface area (Å²) in [7, 11) is 0. The first-order chi connectivity index (χ1) is 11.3. The van der Waals surface area contributed by atoms with Crippen LogP contribution in [-0.4, -0.2) is 29.5 Å². The molecule has 2 heterocycles. The maximum Gasteiger partial charge on any atom is 0.198 e. The van der Waals surface area contributed by atoms with E-state index in [9.17, 15) is 4.39 Å². The number of benzene rings is 1. The predicted molar refractivity (Wildman–Crippen MR) is 86.8 cm³/mol. The van der Waals surface area contributed by atoms with E-state index >= 15 is 0 Å². The van der Waals surface area contributed by atoms with E-state index in [-0.39, 0.29) is 5.82 Å². The molecule has 1 atom stereocenters. The quantitative estimate of drug-likeness (QED) is 0.835. The third-order valence-corrected chi connectivity index (χ3v) is 4.91. The Balaban J connectivity index is 1.40. The smallest absolute Gasteiger partial charge is 0.198 e. The lowest BCUT2D eigenvalue weighted by molar-refractivity contribution is 0.185. The molecule has 1 aromatic carbocycles. The maximum atomic E-state index is 13.3. The highest BCUT2D eigenvalue weighted by Gasteiger charge is 2.29. The van der Waals surface area contributed by atoms with Crippen molar-refractivity contribution in [1.82, 2.24) is 9.88 Å². The van der Waals surface area contributed by atoms with E-state index in [1.165, 1.54) is 38.4 Å². The number of aromatic nitrogens is 1. The highest BCUT2D eigenvalue weighted by molar-refractivity contribution is 5.21. The zero-order chi connectivity index (χ0) is 15.6. The van der Waals surface area contributed by atoms with Gasteiger partial charge in [0.25, 0.3) is 0 Å². The van der Waals surface area contributed by atoms with Gasteiger partial charge < -0.3 is 9.32 Å². The number of hydrogen-bond donors (Lipinski definition) is 0. The number of halogens is 1. The van der Waals surface area contributed by atoms with Crippen LogP contribution in [0.25, 0.3) is 0 Å². The number of nitrogens with zero attached hydrogens (tertiary/aromatic N) is 2. The topological polar surface area (TPSA) is 29.3 Å². The normalized spacial score (nSPS) is 22.4. The number of oxazole rings is 1. The number of hydrogen-bond acceptors (Lipinski definition) is 3. The zero-order valence-electron chi connectivity index (χ0n) is 13.4. The average Bonchev–Trinajstić information content (AvgIpc) is 3.23. The lowest BCUT2D eigenvalue weighted by Gasteiger charge is -2.31. The van der Waals surface area contributed by atoms with Crippen LogP contribution in [0.15, 0.2) is 34.9 Å². The molecule has 1 saturated heterocycles. The van der Waals surface area contributed by atoms with Crippen molar-refractivity contribution in [2.75, 3.05) is 19.6 Å². The fourth-order valence-corrected chi connectivity index (χ4v) is 3.53. The fourth-order valence-electron chi connectivity index (χ4n) is 3.53. The Morgan fingerprint density at radius 3 is 3.00 bits per heavy atom. The van der Waals surface area contributed by atoms with Crippen LogP contribution >= 0.6 is 0 Å². The standard InChI is InChI=1S/C19H23FN2O/c20-17-5-1-3-15(9-17)10-18-11-21-19(23-18)16-4-2-8-22(13-16)12-14-6-7-14/h1,3,5,9,11,14,16H,2,4,6-8,10,12-13H2/t16-/m0/s1. The van der Waals surface area contributed by atoms with Crippen LogP contribution in [0.4, 0.5) is 4.39 Å². The van der Waals surface area contributed by atoms with Crippen molar-refractivity contribution >= 4 is 0 Å². The van der Waals surface area contributed by atoms with Gasteiger partial charge in [0, 0.05) is 25.4 Å². The van der Waals surface area contributed by atoms with Crippen LogP contribution in [0.2, 0.25) is 0 Å².